The van der Waals surface area contributed by atoms with Crippen molar-refractivity contribution >= 4 is 5.78 Å². The zero-order chi connectivity index (χ0) is 8.15. The molecule has 0 aromatic rings. The van der Waals surface area contributed by atoms with Gasteiger partial charge in [0.15, 0.2) is 5.78 Å². The van der Waals surface area contributed by atoms with Gasteiger partial charge >= 0.3 is 0 Å². The molecule has 0 spiro atoms. The predicted molar refractivity (Wildman–Crippen MR) is 40.7 cm³/mol. The Hall–Kier alpha value is -0.630. The summed E-state index contributed by atoms with van der Waals surface area (Å²) < 4.78 is 0. The van der Waals surface area contributed by atoms with Crippen molar-refractivity contribution in [3.05, 3.63) is 12.7 Å². The summed E-state index contributed by atoms with van der Waals surface area (Å²) in [6.45, 7) is 6.89. The highest BCUT2D eigenvalue weighted by Gasteiger charge is 2.16. The summed E-state index contributed by atoms with van der Waals surface area (Å²) >= 11 is 0. The van der Waals surface area contributed by atoms with Crippen molar-refractivity contribution in [1.29, 1.82) is 0 Å². The Kier molecular flexibility index (Phi) is 3.96. The van der Waals surface area contributed by atoms with Crippen molar-refractivity contribution in [3.63, 3.8) is 0 Å². The first kappa shape index (κ1) is 9.37. The minimum atomic E-state index is -0.523. The van der Waals surface area contributed by atoms with Crippen molar-refractivity contribution in [1.82, 2.24) is 0 Å². The van der Waals surface area contributed by atoms with E-state index in [2.05, 4.69) is 6.58 Å². The van der Waals surface area contributed by atoms with E-state index < -0.39 is 6.10 Å². The molecule has 0 aliphatic heterocycles. The molecule has 0 aliphatic carbocycles. The Morgan fingerprint density at radius 2 is 2.30 bits per heavy atom. The van der Waals surface area contributed by atoms with Crippen LogP contribution in [0, 0.1) is 5.92 Å². The number of rotatable bonds is 4. The lowest BCUT2D eigenvalue weighted by Crippen LogP contribution is -2.23. The number of hydrogen-bond donors (Lipinski definition) is 1. The summed E-state index contributed by atoms with van der Waals surface area (Å²) in [4.78, 5) is 10.8. The van der Waals surface area contributed by atoms with E-state index in [-0.39, 0.29) is 11.7 Å². The Labute approximate surface area is 61.6 Å². The standard InChI is InChI=1S/C8H14O2/c1-4-7(9)6(3)8(10)5-2/h4,6,8,10H,1,5H2,2-3H3. The van der Waals surface area contributed by atoms with Crippen LogP contribution in [0.5, 0.6) is 0 Å². The predicted octanol–water partition coefficient (Wildman–Crippen LogP) is 1.15. The molecule has 0 fully saturated rings. The molecule has 0 amide bonds. The summed E-state index contributed by atoms with van der Waals surface area (Å²) in [6.07, 6.45) is 1.34. The lowest BCUT2D eigenvalue weighted by atomic mass is 9.98. The van der Waals surface area contributed by atoms with Crippen LogP contribution in [0.3, 0.4) is 0 Å². The van der Waals surface area contributed by atoms with Crippen LogP contribution in [0.4, 0.5) is 0 Å². The number of hydrogen-bond acceptors (Lipinski definition) is 2. The van der Waals surface area contributed by atoms with Gasteiger partial charge in [-0.05, 0) is 12.5 Å². The summed E-state index contributed by atoms with van der Waals surface area (Å²) in [5.74, 6) is -0.392. The second kappa shape index (κ2) is 4.23. The molecule has 0 aromatic carbocycles. The summed E-state index contributed by atoms with van der Waals surface area (Å²) in [5, 5.41) is 9.16. The minimum absolute atomic E-state index is 0.0886. The van der Waals surface area contributed by atoms with Gasteiger partial charge in [-0.15, -0.1) is 0 Å². The monoisotopic (exact) mass is 142 g/mol. The SMILES string of the molecule is C=CC(=O)C(C)C(O)CC. The van der Waals surface area contributed by atoms with Gasteiger partial charge in [-0.2, -0.15) is 0 Å². The highest BCUT2D eigenvalue weighted by atomic mass is 16.3. The molecule has 2 atom stereocenters. The van der Waals surface area contributed by atoms with Crippen LogP contribution in [-0.2, 0) is 4.79 Å². The Bertz CT molecular complexity index is 129. The van der Waals surface area contributed by atoms with E-state index in [4.69, 9.17) is 5.11 Å². The van der Waals surface area contributed by atoms with Gasteiger partial charge in [0.1, 0.15) is 0 Å². The normalized spacial score (nSPS) is 15.9. The van der Waals surface area contributed by atoms with Crippen LogP contribution < -0.4 is 0 Å². The molecule has 2 unspecified atom stereocenters. The minimum Gasteiger partial charge on any atom is -0.392 e. The third-order valence-corrected chi connectivity index (χ3v) is 1.65. The van der Waals surface area contributed by atoms with Crippen molar-refractivity contribution in [3.8, 4) is 0 Å². The topological polar surface area (TPSA) is 37.3 Å². The average Bonchev–Trinajstić information content (AvgIpc) is 2.00. The molecule has 0 aliphatic rings. The third kappa shape index (κ3) is 2.31. The van der Waals surface area contributed by atoms with E-state index in [1.807, 2.05) is 6.92 Å². The molecular weight excluding hydrogens is 128 g/mol. The highest BCUT2D eigenvalue weighted by Crippen LogP contribution is 2.07. The summed E-state index contributed by atoms with van der Waals surface area (Å²) in [7, 11) is 0. The number of allylic oxidation sites excluding steroid dienone is 1. The van der Waals surface area contributed by atoms with Crippen LogP contribution in [0.15, 0.2) is 12.7 Å². The fraction of sp³-hybridized carbons (Fsp3) is 0.625. The molecule has 1 N–H and O–H groups in total. The maximum Gasteiger partial charge on any atom is 0.160 e. The van der Waals surface area contributed by atoms with Crippen molar-refractivity contribution in [2.45, 2.75) is 26.4 Å². The molecule has 58 valence electrons. The zero-order valence-electron chi connectivity index (χ0n) is 6.50. The van der Waals surface area contributed by atoms with Crippen LogP contribution >= 0.6 is 0 Å². The molecule has 0 rings (SSSR count). The van der Waals surface area contributed by atoms with Gasteiger partial charge in [-0.3, -0.25) is 4.79 Å². The van der Waals surface area contributed by atoms with Gasteiger partial charge in [-0.25, -0.2) is 0 Å². The van der Waals surface area contributed by atoms with Gasteiger partial charge in [0.25, 0.3) is 0 Å². The Morgan fingerprint density at radius 1 is 1.80 bits per heavy atom. The van der Waals surface area contributed by atoms with Crippen LogP contribution in [-0.4, -0.2) is 17.0 Å². The average molecular weight is 142 g/mol. The van der Waals surface area contributed by atoms with E-state index in [1.165, 1.54) is 6.08 Å². The second-order valence-electron chi connectivity index (χ2n) is 2.37. The second-order valence-corrected chi connectivity index (χ2v) is 2.37. The maximum absolute atomic E-state index is 10.8. The van der Waals surface area contributed by atoms with Gasteiger partial charge in [0.2, 0.25) is 0 Å². The zero-order valence-corrected chi connectivity index (χ0v) is 6.50. The summed E-state index contributed by atoms with van der Waals surface area (Å²) in [5.41, 5.74) is 0. The number of aliphatic hydroxyl groups is 1. The molecule has 0 saturated heterocycles. The Balaban J connectivity index is 3.93. The largest absolute Gasteiger partial charge is 0.392 e. The number of carbonyl (C=O) groups is 1. The molecule has 2 nitrogen and oxygen atoms in total. The van der Waals surface area contributed by atoms with E-state index in [0.717, 1.165) is 0 Å². The lowest BCUT2D eigenvalue weighted by Gasteiger charge is -2.12. The number of ketones is 1. The highest BCUT2D eigenvalue weighted by molar-refractivity contribution is 5.91. The van der Waals surface area contributed by atoms with E-state index in [1.54, 1.807) is 6.92 Å². The van der Waals surface area contributed by atoms with E-state index >= 15 is 0 Å². The smallest absolute Gasteiger partial charge is 0.160 e. The van der Waals surface area contributed by atoms with Crippen LogP contribution in [0.2, 0.25) is 0 Å². The van der Waals surface area contributed by atoms with Crippen LogP contribution in [0.25, 0.3) is 0 Å². The Morgan fingerprint density at radius 3 is 2.60 bits per heavy atom. The maximum atomic E-state index is 10.8. The third-order valence-electron chi connectivity index (χ3n) is 1.65. The quantitative estimate of drug-likeness (QED) is 0.598. The molecule has 0 radical (unpaired) electrons. The first-order chi connectivity index (χ1) is 4.63. The van der Waals surface area contributed by atoms with Crippen molar-refractivity contribution < 1.29 is 9.90 Å². The van der Waals surface area contributed by atoms with Gasteiger partial charge in [-0.1, -0.05) is 20.4 Å². The fourth-order valence-corrected chi connectivity index (χ4v) is 0.729. The first-order valence-electron chi connectivity index (χ1n) is 3.47. The van der Waals surface area contributed by atoms with E-state index in [9.17, 15) is 4.79 Å². The van der Waals surface area contributed by atoms with Crippen molar-refractivity contribution in [2.24, 2.45) is 5.92 Å². The number of carbonyl (C=O) groups excluding carboxylic acids is 1. The van der Waals surface area contributed by atoms with Gasteiger partial charge < -0.3 is 5.11 Å². The molecule has 0 aromatic heterocycles. The molecular formula is C8H14O2. The summed E-state index contributed by atoms with van der Waals surface area (Å²) in [6, 6.07) is 0. The van der Waals surface area contributed by atoms with Gasteiger partial charge in [0.05, 0.1) is 6.10 Å². The fourth-order valence-electron chi connectivity index (χ4n) is 0.729. The van der Waals surface area contributed by atoms with Crippen LogP contribution in [0.1, 0.15) is 20.3 Å². The molecule has 0 saturated carbocycles. The first-order valence-corrected chi connectivity index (χ1v) is 3.47. The van der Waals surface area contributed by atoms with E-state index in [0.29, 0.717) is 6.42 Å². The molecule has 0 bridgehead atoms. The number of aliphatic hydroxyl groups excluding tert-OH is 1. The molecule has 10 heavy (non-hydrogen) atoms. The molecule has 2 heteroatoms. The lowest BCUT2D eigenvalue weighted by molar-refractivity contribution is -0.120. The molecule has 0 heterocycles. The van der Waals surface area contributed by atoms with Gasteiger partial charge in [0, 0.05) is 5.92 Å². The van der Waals surface area contributed by atoms with Crippen molar-refractivity contribution in [2.75, 3.05) is 0 Å².